The van der Waals surface area contributed by atoms with E-state index in [-0.39, 0.29) is 0 Å². The highest BCUT2D eigenvalue weighted by molar-refractivity contribution is 7.15. The fourth-order valence-corrected chi connectivity index (χ4v) is 4.57. The van der Waals surface area contributed by atoms with Crippen LogP contribution in [-0.2, 0) is 0 Å². The van der Waals surface area contributed by atoms with Crippen molar-refractivity contribution >= 4 is 22.8 Å². The van der Waals surface area contributed by atoms with Gasteiger partial charge in [0.15, 0.2) is 0 Å². The first-order valence-electron chi connectivity index (χ1n) is 9.79. The van der Waals surface area contributed by atoms with E-state index in [4.69, 9.17) is 0 Å². The van der Waals surface area contributed by atoms with Crippen molar-refractivity contribution in [2.24, 2.45) is 0 Å². The summed E-state index contributed by atoms with van der Waals surface area (Å²) in [6, 6.07) is 7.50. The van der Waals surface area contributed by atoms with Gasteiger partial charge in [0.1, 0.15) is 17.2 Å². The summed E-state index contributed by atoms with van der Waals surface area (Å²) in [6.45, 7) is 4.14. The number of benzene rings is 1. The van der Waals surface area contributed by atoms with Crippen LogP contribution >= 0.6 is 11.3 Å². The van der Waals surface area contributed by atoms with E-state index in [1.165, 1.54) is 16.5 Å². The van der Waals surface area contributed by atoms with Gasteiger partial charge in [-0.25, -0.2) is 8.78 Å². The summed E-state index contributed by atoms with van der Waals surface area (Å²) >= 11 is 1.71. The maximum absolute atomic E-state index is 13.9. The second kappa shape index (κ2) is 8.78. The summed E-state index contributed by atoms with van der Waals surface area (Å²) in [5.41, 5.74) is 4.33. The molecule has 1 amide bonds. The number of allylic oxidation sites excluding steroid dienone is 5. The van der Waals surface area contributed by atoms with Gasteiger partial charge in [0.2, 0.25) is 0 Å². The zero-order valence-electron chi connectivity index (χ0n) is 17.1. The van der Waals surface area contributed by atoms with Crippen molar-refractivity contribution in [3.63, 3.8) is 0 Å². The van der Waals surface area contributed by atoms with Crippen LogP contribution < -0.4 is 5.32 Å². The van der Waals surface area contributed by atoms with Crippen LogP contribution in [0, 0.1) is 25.5 Å². The van der Waals surface area contributed by atoms with E-state index in [2.05, 4.69) is 36.3 Å². The lowest BCUT2D eigenvalue weighted by Crippen LogP contribution is -2.24. The Morgan fingerprint density at radius 1 is 1.06 bits per heavy atom. The van der Waals surface area contributed by atoms with E-state index in [1.807, 2.05) is 24.4 Å². The zero-order valence-corrected chi connectivity index (χ0v) is 17.9. The van der Waals surface area contributed by atoms with E-state index >= 15 is 0 Å². The molecule has 6 heteroatoms. The van der Waals surface area contributed by atoms with E-state index < -0.39 is 23.1 Å². The van der Waals surface area contributed by atoms with Crippen LogP contribution in [-0.4, -0.2) is 10.9 Å². The summed E-state index contributed by atoms with van der Waals surface area (Å²) in [5, 5.41) is 2.60. The number of nitrogens with one attached hydrogen (secondary N) is 1. The van der Waals surface area contributed by atoms with E-state index in [1.54, 1.807) is 23.6 Å². The molecular formula is C25H20F2N2OS. The van der Waals surface area contributed by atoms with Gasteiger partial charge in [-0.15, -0.1) is 11.3 Å². The van der Waals surface area contributed by atoms with E-state index in [0.717, 1.165) is 33.7 Å². The van der Waals surface area contributed by atoms with Crippen molar-refractivity contribution in [1.29, 1.82) is 0 Å². The predicted octanol–water partition coefficient (Wildman–Crippen LogP) is 6.36. The van der Waals surface area contributed by atoms with Crippen LogP contribution in [0.4, 0.5) is 8.78 Å². The van der Waals surface area contributed by atoms with Crippen molar-refractivity contribution in [3.05, 3.63) is 106 Å². The number of carbonyl (C=O) groups is 1. The normalized spacial score (nSPS) is 13.4. The first-order chi connectivity index (χ1) is 14.9. The molecule has 0 saturated heterocycles. The molecule has 0 aliphatic heterocycles. The van der Waals surface area contributed by atoms with Crippen molar-refractivity contribution in [3.8, 4) is 10.4 Å². The molecule has 4 rings (SSSR count). The number of rotatable bonds is 4. The first-order valence-corrected chi connectivity index (χ1v) is 10.6. The van der Waals surface area contributed by atoms with Crippen molar-refractivity contribution < 1.29 is 13.6 Å². The number of aromatic nitrogens is 1. The average molecular weight is 435 g/mol. The highest BCUT2D eigenvalue weighted by atomic mass is 32.1. The Labute approximate surface area is 183 Å². The minimum absolute atomic E-state index is 0.495. The molecule has 0 bridgehead atoms. The van der Waals surface area contributed by atoms with Crippen molar-refractivity contribution in [2.45, 2.75) is 20.3 Å². The lowest BCUT2D eigenvalue weighted by Gasteiger charge is -2.07. The van der Waals surface area contributed by atoms with Gasteiger partial charge in [0.05, 0.1) is 0 Å². The molecule has 1 aliphatic rings. The van der Waals surface area contributed by atoms with Gasteiger partial charge >= 0.3 is 0 Å². The topological polar surface area (TPSA) is 42.0 Å². The molecule has 0 unspecified atom stereocenters. The molecule has 0 spiro atoms. The molecule has 0 radical (unpaired) electrons. The first kappa shape index (κ1) is 20.9. The molecule has 1 aliphatic carbocycles. The van der Waals surface area contributed by atoms with E-state index in [9.17, 15) is 13.6 Å². The van der Waals surface area contributed by atoms with Crippen LogP contribution in [0.3, 0.4) is 0 Å². The molecular weight excluding hydrogens is 414 g/mol. The SMILES string of the molecule is Cc1ccncc1-c1cc(C2=CCC=C(NC(=O)c3c(F)cccc3F)C=C2)c(C)s1. The fourth-order valence-electron chi connectivity index (χ4n) is 3.45. The van der Waals surface area contributed by atoms with Crippen molar-refractivity contribution in [2.75, 3.05) is 0 Å². The van der Waals surface area contributed by atoms with Gasteiger partial charge < -0.3 is 5.32 Å². The molecule has 31 heavy (non-hydrogen) atoms. The lowest BCUT2D eigenvalue weighted by atomic mass is 10.0. The Kier molecular flexibility index (Phi) is 5.91. The summed E-state index contributed by atoms with van der Waals surface area (Å²) in [5.74, 6) is -2.58. The van der Waals surface area contributed by atoms with Gasteiger partial charge in [-0.2, -0.15) is 0 Å². The number of amides is 1. The Morgan fingerprint density at radius 2 is 1.84 bits per heavy atom. The van der Waals surface area contributed by atoms with Gasteiger partial charge in [-0.3, -0.25) is 9.78 Å². The highest BCUT2D eigenvalue weighted by Gasteiger charge is 2.18. The number of nitrogens with zero attached hydrogens (tertiary/aromatic N) is 1. The Bertz CT molecular complexity index is 1230. The Hall–Kier alpha value is -3.38. The highest BCUT2D eigenvalue weighted by Crippen LogP contribution is 2.36. The minimum Gasteiger partial charge on any atom is -0.322 e. The molecule has 2 aromatic heterocycles. The second-order valence-corrected chi connectivity index (χ2v) is 8.47. The maximum Gasteiger partial charge on any atom is 0.261 e. The fraction of sp³-hybridized carbons (Fsp3) is 0.120. The third kappa shape index (κ3) is 4.39. The smallest absolute Gasteiger partial charge is 0.261 e. The van der Waals surface area contributed by atoms with Gasteiger partial charge in [-0.1, -0.05) is 24.3 Å². The molecule has 1 aromatic carbocycles. The summed E-state index contributed by atoms with van der Waals surface area (Å²) in [4.78, 5) is 18.9. The largest absolute Gasteiger partial charge is 0.322 e. The number of aryl methyl sites for hydroxylation is 2. The third-order valence-electron chi connectivity index (χ3n) is 5.10. The molecule has 2 heterocycles. The summed E-state index contributed by atoms with van der Waals surface area (Å²) < 4.78 is 27.8. The van der Waals surface area contributed by atoms with Gasteiger partial charge in [0.25, 0.3) is 5.91 Å². The monoisotopic (exact) mass is 434 g/mol. The van der Waals surface area contributed by atoms with E-state index in [0.29, 0.717) is 12.1 Å². The Morgan fingerprint density at radius 3 is 2.58 bits per heavy atom. The molecule has 3 nitrogen and oxygen atoms in total. The standard InChI is InChI=1S/C25H20F2N2OS/c1-15-11-12-28-14-20(15)23-13-19(16(2)31-23)17-5-3-6-18(10-9-17)29-25(30)24-21(26)7-4-8-22(24)27/h4-14H,3H2,1-2H3,(H,29,30). The number of pyridine rings is 1. The van der Waals surface area contributed by atoms with Crippen LogP contribution in [0.2, 0.25) is 0 Å². The summed E-state index contributed by atoms with van der Waals surface area (Å²) in [6.07, 6.45) is 11.8. The predicted molar refractivity (Wildman–Crippen MR) is 121 cm³/mol. The average Bonchev–Trinajstić information content (AvgIpc) is 2.96. The number of carbonyl (C=O) groups excluding carboxylic acids is 1. The molecule has 0 atom stereocenters. The number of hydrogen-bond donors (Lipinski definition) is 1. The number of halogens is 2. The maximum atomic E-state index is 13.9. The third-order valence-corrected chi connectivity index (χ3v) is 6.18. The molecule has 3 aromatic rings. The number of thiophene rings is 1. The zero-order chi connectivity index (χ0) is 22.0. The molecule has 0 fully saturated rings. The minimum atomic E-state index is -0.887. The number of hydrogen-bond acceptors (Lipinski definition) is 3. The van der Waals surface area contributed by atoms with Crippen LogP contribution in [0.25, 0.3) is 16.0 Å². The van der Waals surface area contributed by atoms with Crippen LogP contribution in [0.1, 0.15) is 32.8 Å². The van der Waals surface area contributed by atoms with Gasteiger partial charge in [-0.05, 0) is 67.3 Å². The second-order valence-electron chi connectivity index (χ2n) is 7.21. The van der Waals surface area contributed by atoms with Gasteiger partial charge in [0, 0.05) is 33.4 Å². The molecule has 0 saturated carbocycles. The van der Waals surface area contributed by atoms with Crippen LogP contribution in [0.15, 0.2) is 72.7 Å². The molecule has 1 N–H and O–H groups in total. The summed E-state index contributed by atoms with van der Waals surface area (Å²) in [7, 11) is 0. The van der Waals surface area contributed by atoms with Crippen molar-refractivity contribution in [1.82, 2.24) is 10.3 Å². The molecule has 156 valence electrons. The lowest BCUT2D eigenvalue weighted by molar-refractivity contribution is 0.0958. The quantitative estimate of drug-likeness (QED) is 0.519. The van der Waals surface area contributed by atoms with Crippen LogP contribution in [0.5, 0.6) is 0 Å². The Balaban J connectivity index is 1.54.